The van der Waals surface area contributed by atoms with Gasteiger partial charge in [-0.25, -0.2) is 4.39 Å². The molecule has 1 amide bonds. The van der Waals surface area contributed by atoms with Crippen molar-refractivity contribution in [1.29, 1.82) is 0 Å². The molecule has 5 heteroatoms. The first-order valence-electron chi connectivity index (χ1n) is 6.98. The number of rotatable bonds is 3. The molecule has 0 spiro atoms. The highest BCUT2D eigenvalue weighted by Crippen LogP contribution is 2.51. The molecule has 1 aliphatic carbocycles. The van der Waals surface area contributed by atoms with Crippen LogP contribution in [0.1, 0.15) is 30.7 Å². The van der Waals surface area contributed by atoms with E-state index in [1.165, 1.54) is 6.07 Å². The van der Waals surface area contributed by atoms with Crippen LogP contribution in [0.2, 0.25) is 5.02 Å². The second-order valence-electron chi connectivity index (χ2n) is 5.59. The number of likely N-dealkylation sites (tertiary alicyclic amines) is 1. The van der Waals surface area contributed by atoms with Crippen LogP contribution in [0.5, 0.6) is 0 Å². The normalized spacial score (nSPS) is 28.8. The van der Waals surface area contributed by atoms with Crippen LogP contribution in [-0.4, -0.2) is 35.1 Å². The highest BCUT2D eigenvalue weighted by atomic mass is 35.5. The largest absolute Gasteiger partial charge is 0.394 e. The first-order valence-corrected chi connectivity index (χ1v) is 7.36. The van der Waals surface area contributed by atoms with Crippen LogP contribution in [0.15, 0.2) is 18.2 Å². The lowest BCUT2D eigenvalue weighted by Crippen LogP contribution is -2.38. The van der Waals surface area contributed by atoms with Crippen molar-refractivity contribution in [3.05, 3.63) is 34.6 Å². The predicted molar refractivity (Wildman–Crippen MR) is 74.1 cm³/mol. The van der Waals surface area contributed by atoms with Crippen LogP contribution in [0.25, 0.3) is 0 Å². The van der Waals surface area contributed by atoms with Crippen molar-refractivity contribution in [2.45, 2.75) is 31.2 Å². The van der Waals surface area contributed by atoms with Crippen LogP contribution in [0, 0.1) is 11.7 Å². The molecule has 1 aromatic rings. The van der Waals surface area contributed by atoms with E-state index in [4.69, 9.17) is 11.6 Å². The highest BCUT2D eigenvalue weighted by Gasteiger charge is 2.49. The molecule has 2 fully saturated rings. The maximum absolute atomic E-state index is 13.8. The third-order valence-electron chi connectivity index (χ3n) is 4.35. The van der Waals surface area contributed by atoms with Gasteiger partial charge in [-0.2, -0.15) is 0 Å². The van der Waals surface area contributed by atoms with E-state index in [2.05, 4.69) is 0 Å². The third kappa shape index (κ3) is 2.31. The fraction of sp³-hybridized carbons (Fsp3) is 0.533. The topological polar surface area (TPSA) is 40.5 Å². The van der Waals surface area contributed by atoms with E-state index in [0.29, 0.717) is 23.6 Å². The van der Waals surface area contributed by atoms with Crippen LogP contribution in [0.3, 0.4) is 0 Å². The molecule has 1 aliphatic heterocycles. The van der Waals surface area contributed by atoms with Crippen molar-refractivity contribution < 1.29 is 14.3 Å². The molecule has 0 radical (unpaired) electrons. The molecule has 20 heavy (non-hydrogen) atoms. The van der Waals surface area contributed by atoms with Gasteiger partial charge in [0.15, 0.2) is 0 Å². The number of benzene rings is 1. The number of aliphatic hydroxyl groups is 1. The summed E-state index contributed by atoms with van der Waals surface area (Å²) in [5.74, 6) is -0.600. The highest BCUT2D eigenvalue weighted by molar-refractivity contribution is 6.31. The SMILES string of the molecule is O=C(C1CC1c1c(F)cccc1Cl)N1CCC[C@@H]1CO. The Bertz CT molecular complexity index is 516. The molecule has 1 N–H and O–H groups in total. The molecule has 1 saturated carbocycles. The van der Waals surface area contributed by atoms with E-state index in [1.54, 1.807) is 17.0 Å². The summed E-state index contributed by atoms with van der Waals surface area (Å²) in [5.41, 5.74) is 0.465. The molecule has 3 atom stereocenters. The lowest BCUT2D eigenvalue weighted by Gasteiger charge is -2.23. The Morgan fingerprint density at radius 2 is 2.30 bits per heavy atom. The molecular weight excluding hydrogens is 281 g/mol. The van der Waals surface area contributed by atoms with Gasteiger partial charge in [0.2, 0.25) is 5.91 Å². The number of carbonyl (C=O) groups excluding carboxylic acids is 1. The van der Waals surface area contributed by atoms with Crippen molar-refractivity contribution >= 4 is 17.5 Å². The summed E-state index contributed by atoms with van der Waals surface area (Å²) < 4.78 is 13.8. The van der Waals surface area contributed by atoms with E-state index in [0.717, 1.165) is 12.8 Å². The number of nitrogens with zero attached hydrogens (tertiary/aromatic N) is 1. The van der Waals surface area contributed by atoms with Gasteiger partial charge in [-0.3, -0.25) is 4.79 Å². The van der Waals surface area contributed by atoms with Crippen molar-refractivity contribution in [2.24, 2.45) is 5.92 Å². The molecule has 1 heterocycles. The first-order chi connectivity index (χ1) is 9.63. The van der Waals surface area contributed by atoms with Crippen molar-refractivity contribution in [3.8, 4) is 0 Å². The van der Waals surface area contributed by atoms with Crippen LogP contribution >= 0.6 is 11.6 Å². The molecular formula is C15H17ClFNO2. The predicted octanol–water partition coefficient (Wildman–Crippen LogP) is 2.57. The van der Waals surface area contributed by atoms with Crippen LogP contribution < -0.4 is 0 Å². The summed E-state index contributed by atoms with van der Waals surface area (Å²) in [6.45, 7) is 0.696. The monoisotopic (exact) mass is 297 g/mol. The number of aliphatic hydroxyl groups excluding tert-OH is 1. The van der Waals surface area contributed by atoms with Gasteiger partial charge in [0, 0.05) is 29.0 Å². The number of halogens is 2. The van der Waals surface area contributed by atoms with Crippen LogP contribution in [-0.2, 0) is 4.79 Å². The maximum Gasteiger partial charge on any atom is 0.226 e. The van der Waals surface area contributed by atoms with Gasteiger partial charge in [0.1, 0.15) is 5.82 Å². The minimum Gasteiger partial charge on any atom is -0.394 e. The van der Waals surface area contributed by atoms with E-state index in [9.17, 15) is 14.3 Å². The lowest BCUT2D eigenvalue weighted by atomic mass is 10.1. The Morgan fingerprint density at radius 3 is 3.00 bits per heavy atom. The molecule has 2 aliphatic rings. The molecule has 1 saturated heterocycles. The Morgan fingerprint density at radius 1 is 1.50 bits per heavy atom. The average molecular weight is 298 g/mol. The van der Waals surface area contributed by atoms with Gasteiger partial charge in [-0.1, -0.05) is 17.7 Å². The Balaban J connectivity index is 1.74. The smallest absolute Gasteiger partial charge is 0.226 e. The van der Waals surface area contributed by atoms with E-state index >= 15 is 0 Å². The summed E-state index contributed by atoms with van der Waals surface area (Å²) in [6, 6.07) is 4.54. The molecule has 0 aromatic heterocycles. The summed E-state index contributed by atoms with van der Waals surface area (Å²) in [5, 5.41) is 9.68. The Hall–Kier alpha value is -1.13. The van der Waals surface area contributed by atoms with Gasteiger partial charge in [-0.15, -0.1) is 0 Å². The Labute approximate surface area is 122 Å². The lowest BCUT2D eigenvalue weighted by molar-refractivity contribution is -0.134. The van der Waals surface area contributed by atoms with E-state index in [1.807, 2.05) is 0 Å². The zero-order valence-corrected chi connectivity index (χ0v) is 11.8. The second kappa shape index (κ2) is 5.34. The second-order valence-corrected chi connectivity index (χ2v) is 6.00. The zero-order chi connectivity index (χ0) is 14.3. The third-order valence-corrected chi connectivity index (χ3v) is 4.68. The summed E-state index contributed by atoms with van der Waals surface area (Å²) in [6.07, 6.45) is 2.42. The minimum absolute atomic E-state index is 0.00355. The molecule has 1 aromatic carbocycles. The van der Waals surface area contributed by atoms with Gasteiger partial charge in [0.25, 0.3) is 0 Å². The maximum atomic E-state index is 13.8. The van der Waals surface area contributed by atoms with E-state index in [-0.39, 0.29) is 36.2 Å². The number of hydrogen-bond acceptors (Lipinski definition) is 2. The van der Waals surface area contributed by atoms with Crippen molar-refractivity contribution in [3.63, 3.8) is 0 Å². The van der Waals surface area contributed by atoms with Gasteiger partial charge >= 0.3 is 0 Å². The number of hydrogen-bond donors (Lipinski definition) is 1. The fourth-order valence-corrected chi connectivity index (χ4v) is 3.48. The van der Waals surface area contributed by atoms with Gasteiger partial charge in [-0.05, 0) is 31.4 Å². The molecule has 2 unspecified atom stereocenters. The minimum atomic E-state index is -0.335. The summed E-state index contributed by atoms with van der Waals surface area (Å²) in [4.78, 5) is 14.2. The number of amides is 1. The van der Waals surface area contributed by atoms with Gasteiger partial charge in [0.05, 0.1) is 12.6 Å². The van der Waals surface area contributed by atoms with Gasteiger partial charge < -0.3 is 10.0 Å². The molecule has 108 valence electrons. The zero-order valence-electron chi connectivity index (χ0n) is 11.1. The summed E-state index contributed by atoms with van der Waals surface area (Å²) in [7, 11) is 0. The van der Waals surface area contributed by atoms with Crippen molar-refractivity contribution in [2.75, 3.05) is 13.2 Å². The van der Waals surface area contributed by atoms with E-state index < -0.39 is 0 Å². The Kier molecular flexibility index (Phi) is 3.69. The first kappa shape index (κ1) is 13.8. The average Bonchev–Trinajstić information content (AvgIpc) is 3.05. The number of carbonyl (C=O) groups is 1. The van der Waals surface area contributed by atoms with Crippen molar-refractivity contribution in [1.82, 2.24) is 4.90 Å². The quantitative estimate of drug-likeness (QED) is 0.931. The standard InChI is InChI=1S/C15H17ClFNO2/c16-12-4-1-5-13(17)14(12)10-7-11(10)15(20)18-6-2-3-9(18)8-19/h1,4-5,9-11,19H,2-3,6-8H2/t9-,10?,11?/m1/s1. The molecule has 3 nitrogen and oxygen atoms in total. The molecule has 0 bridgehead atoms. The molecule has 3 rings (SSSR count). The summed E-state index contributed by atoms with van der Waals surface area (Å²) >= 11 is 6.05. The fourth-order valence-electron chi connectivity index (χ4n) is 3.18. The van der Waals surface area contributed by atoms with Crippen LogP contribution in [0.4, 0.5) is 4.39 Å².